The lowest BCUT2D eigenvalue weighted by atomic mass is 9.94. The Labute approximate surface area is 99.1 Å². The van der Waals surface area contributed by atoms with Crippen LogP contribution in [0.1, 0.15) is 37.2 Å². The Morgan fingerprint density at radius 2 is 2.18 bits per heavy atom. The number of carbonyl (C=O) groups excluding carboxylic acids is 1. The molecule has 0 unspecified atom stereocenters. The first kappa shape index (κ1) is 13.4. The maximum atomic E-state index is 11.8. The van der Waals surface area contributed by atoms with Gasteiger partial charge >= 0.3 is 0 Å². The maximum absolute atomic E-state index is 11.8. The van der Waals surface area contributed by atoms with E-state index in [0.29, 0.717) is 12.8 Å². The van der Waals surface area contributed by atoms with Crippen LogP contribution >= 0.6 is 0 Å². The molecule has 0 atom stereocenters. The van der Waals surface area contributed by atoms with Crippen LogP contribution in [0.25, 0.3) is 0 Å². The van der Waals surface area contributed by atoms with Crippen molar-refractivity contribution in [2.24, 2.45) is 0 Å². The predicted molar refractivity (Wildman–Crippen MR) is 62.7 cm³/mol. The van der Waals surface area contributed by atoms with E-state index in [-0.39, 0.29) is 17.9 Å². The SMILES string of the molecule is CCC(CC)(CO)NC(=O)c1c[nH]c(=O)cn1. The molecule has 0 aliphatic rings. The van der Waals surface area contributed by atoms with Crippen LogP contribution in [0.4, 0.5) is 0 Å². The second kappa shape index (κ2) is 5.58. The van der Waals surface area contributed by atoms with Gasteiger partial charge in [-0.2, -0.15) is 0 Å². The minimum atomic E-state index is -0.630. The maximum Gasteiger partial charge on any atom is 0.271 e. The van der Waals surface area contributed by atoms with Crippen molar-refractivity contribution < 1.29 is 9.90 Å². The highest BCUT2D eigenvalue weighted by atomic mass is 16.3. The number of aliphatic hydroxyl groups is 1. The molecule has 0 aliphatic heterocycles. The zero-order valence-electron chi connectivity index (χ0n) is 9.99. The molecule has 0 saturated carbocycles. The number of H-pyrrole nitrogens is 1. The standard InChI is InChI=1S/C11H17N3O3/c1-3-11(4-2,7-15)14-10(17)8-5-13-9(16)6-12-8/h5-6,15H,3-4,7H2,1-2H3,(H,13,16)(H,14,17). The van der Waals surface area contributed by atoms with Crippen molar-refractivity contribution in [3.05, 3.63) is 28.4 Å². The summed E-state index contributed by atoms with van der Waals surface area (Å²) >= 11 is 0. The van der Waals surface area contributed by atoms with Crippen LogP contribution in [-0.4, -0.2) is 33.1 Å². The molecule has 17 heavy (non-hydrogen) atoms. The Morgan fingerprint density at radius 1 is 1.53 bits per heavy atom. The first-order valence-corrected chi connectivity index (χ1v) is 5.55. The molecule has 0 bridgehead atoms. The van der Waals surface area contributed by atoms with E-state index in [2.05, 4.69) is 15.3 Å². The molecule has 0 saturated heterocycles. The number of nitrogens with zero attached hydrogens (tertiary/aromatic N) is 1. The van der Waals surface area contributed by atoms with Gasteiger partial charge in [-0.05, 0) is 12.8 Å². The highest BCUT2D eigenvalue weighted by Crippen LogP contribution is 2.14. The zero-order chi connectivity index (χ0) is 12.9. The summed E-state index contributed by atoms with van der Waals surface area (Å²) in [6.07, 6.45) is 3.54. The normalized spacial score (nSPS) is 11.2. The Morgan fingerprint density at radius 3 is 2.59 bits per heavy atom. The topological polar surface area (TPSA) is 95.1 Å². The van der Waals surface area contributed by atoms with E-state index in [0.717, 1.165) is 6.20 Å². The van der Waals surface area contributed by atoms with Crippen LogP contribution < -0.4 is 10.9 Å². The van der Waals surface area contributed by atoms with Crippen LogP contribution in [-0.2, 0) is 0 Å². The molecule has 0 spiro atoms. The van der Waals surface area contributed by atoms with Crippen molar-refractivity contribution in [3.8, 4) is 0 Å². The first-order valence-electron chi connectivity index (χ1n) is 5.55. The molecule has 0 aromatic carbocycles. The molecule has 1 heterocycles. The largest absolute Gasteiger partial charge is 0.394 e. The van der Waals surface area contributed by atoms with E-state index in [1.54, 1.807) is 0 Å². The first-order chi connectivity index (χ1) is 8.06. The second-order valence-electron chi connectivity index (χ2n) is 3.90. The summed E-state index contributed by atoms with van der Waals surface area (Å²) in [5, 5.41) is 12.1. The molecule has 1 aromatic rings. The Bertz CT molecular complexity index is 409. The number of amides is 1. The highest BCUT2D eigenvalue weighted by Gasteiger charge is 2.27. The quantitative estimate of drug-likeness (QED) is 0.676. The fraction of sp³-hybridized carbons (Fsp3) is 0.545. The lowest BCUT2D eigenvalue weighted by Crippen LogP contribution is -2.50. The van der Waals surface area contributed by atoms with Crippen LogP contribution in [0.5, 0.6) is 0 Å². The number of carbonyl (C=O) groups is 1. The second-order valence-corrected chi connectivity index (χ2v) is 3.90. The molecule has 0 aliphatic carbocycles. The van der Waals surface area contributed by atoms with Gasteiger partial charge in [0.15, 0.2) is 0 Å². The van der Waals surface area contributed by atoms with E-state index in [1.807, 2.05) is 13.8 Å². The fourth-order valence-corrected chi connectivity index (χ4v) is 1.46. The Balaban J connectivity index is 2.84. The molecular weight excluding hydrogens is 222 g/mol. The Hall–Kier alpha value is -1.69. The van der Waals surface area contributed by atoms with Crippen molar-refractivity contribution in [2.75, 3.05) is 6.61 Å². The Kier molecular flexibility index (Phi) is 4.39. The van der Waals surface area contributed by atoms with Gasteiger partial charge in [0.05, 0.1) is 18.3 Å². The monoisotopic (exact) mass is 239 g/mol. The van der Waals surface area contributed by atoms with Crippen molar-refractivity contribution in [2.45, 2.75) is 32.2 Å². The average molecular weight is 239 g/mol. The van der Waals surface area contributed by atoms with Gasteiger partial charge in [-0.25, -0.2) is 4.98 Å². The zero-order valence-corrected chi connectivity index (χ0v) is 9.99. The van der Waals surface area contributed by atoms with Gasteiger partial charge in [-0.15, -0.1) is 0 Å². The molecule has 1 aromatic heterocycles. The molecule has 1 amide bonds. The van der Waals surface area contributed by atoms with Gasteiger partial charge in [0, 0.05) is 6.20 Å². The third-order valence-electron chi connectivity index (χ3n) is 2.94. The third kappa shape index (κ3) is 3.13. The van der Waals surface area contributed by atoms with Gasteiger partial charge in [0.1, 0.15) is 5.69 Å². The summed E-state index contributed by atoms with van der Waals surface area (Å²) in [7, 11) is 0. The van der Waals surface area contributed by atoms with E-state index in [1.165, 1.54) is 6.20 Å². The van der Waals surface area contributed by atoms with E-state index in [4.69, 9.17) is 0 Å². The smallest absolute Gasteiger partial charge is 0.271 e. The minimum Gasteiger partial charge on any atom is -0.394 e. The summed E-state index contributed by atoms with van der Waals surface area (Å²) in [6.45, 7) is 3.65. The number of aliphatic hydroxyl groups excluding tert-OH is 1. The lowest BCUT2D eigenvalue weighted by molar-refractivity contribution is 0.0812. The van der Waals surface area contributed by atoms with E-state index < -0.39 is 11.4 Å². The average Bonchev–Trinajstić information content (AvgIpc) is 2.37. The molecule has 0 fully saturated rings. The number of hydrogen-bond donors (Lipinski definition) is 3. The van der Waals surface area contributed by atoms with Gasteiger partial charge in [0.2, 0.25) is 0 Å². The van der Waals surface area contributed by atoms with Gasteiger partial charge in [-0.3, -0.25) is 9.59 Å². The van der Waals surface area contributed by atoms with Gasteiger partial charge < -0.3 is 15.4 Å². The number of aromatic nitrogens is 2. The molecule has 6 nitrogen and oxygen atoms in total. The molecule has 1 rings (SSSR count). The van der Waals surface area contributed by atoms with Crippen molar-refractivity contribution in [1.82, 2.24) is 15.3 Å². The molecule has 0 radical (unpaired) electrons. The summed E-state index contributed by atoms with van der Waals surface area (Å²) in [5.41, 5.74) is -0.861. The number of hydrogen-bond acceptors (Lipinski definition) is 4. The number of nitrogens with one attached hydrogen (secondary N) is 2. The third-order valence-corrected chi connectivity index (χ3v) is 2.94. The van der Waals surface area contributed by atoms with E-state index >= 15 is 0 Å². The van der Waals surface area contributed by atoms with Crippen LogP contribution in [0, 0.1) is 0 Å². The lowest BCUT2D eigenvalue weighted by Gasteiger charge is -2.30. The minimum absolute atomic E-state index is 0.129. The molecule has 94 valence electrons. The van der Waals surface area contributed by atoms with Crippen molar-refractivity contribution in [3.63, 3.8) is 0 Å². The number of aromatic amines is 1. The number of rotatable bonds is 5. The van der Waals surface area contributed by atoms with Gasteiger partial charge in [-0.1, -0.05) is 13.8 Å². The van der Waals surface area contributed by atoms with Crippen LogP contribution in [0.15, 0.2) is 17.2 Å². The predicted octanol–water partition coefficient (Wildman–Crippen LogP) is 0.0508. The molecular formula is C11H17N3O3. The van der Waals surface area contributed by atoms with E-state index in [9.17, 15) is 14.7 Å². The summed E-state index contributed by atoms with van der Waals surface area (Å²) in [4.78, 5) is 28.8. The van der Waals surface area contributed by atoms with Gasteiger partial charge in [0.25, 0.3) is 11.5 Å². The van der Waals surface area contributed by atoms with Crippen LogP contribution in [0.3, 0.4) is 0 Å². The van der Waals surface area contributed by atoms with Crippen molar-refractivity contribution >= 4 is 5.91 Å². The summed E-state index contributed by atoms with van der Waals surface area (Å²) < 4.78 is 0. The van der Waals surface area contributed by atoms with Crippen LogP contribution in [0.2, 0.25) is 0 Å². The fourth-order valence-electron chi connectivity index (χ4n) is 1.46. The molecule has 6 heteroatoms. The summed E-state index contributed by atoms with van der Waals surface area (Å²) in [6, 6.07) is 0. The highest BCUT2D eigenvalue weighted by molar-refractivity contribution is 5.92. The molecule has 3 N–H and O–H groups in total. The van der Waals surface area contributed by atoms with Crippen molar-refractivity contribution in [1.29, 1.82) is 0 Å². The summed E-state index contributed by atoms with van der Waals surface area (Å²) in [5.74, 6) is -0.404.